The molecule has 21 heavy (non-hydrogen) atoms. The molecule has 3 aromatic rings. The fourth-order valence-corrected chi connectivity index (χ4v) is 2.41. The quantitative estimate of drug-likeness (QED) is 0.546. The van der Waals surface area contributed by atoms with Gasteiger partial charge in [0, 0.05) is 12.1 Å². The molecule has 0 saturated carbocycles. The van der Waals surface area contributed by atoms with Crippen molar-refractivity contribution in [3.05, 3.63) is 58.1 Å². The number of nitriles is 1. The fraction of sp³-hybridized carbons (Fsp3) is 0. The summed E-state index contributed by atoms with van der Waals surface area (Å²) in [4.78, 5) is 2.86. The average molecular weight is 305 g/mol. The summed E-state index contributed by atoms with van der Waals surface area (Å²) >= 11 is 5.12. The van der Waals surface area contributed by atoms with Crippen molar-refractivity contribution in [2.24, 2.45) is 0 Å². The Hall–Kier alpha value is -2.59. The van der Waals surface area contributed by atoms with E-state index in [0.717, 1.165) is 12.1 Å². The zero-order valence-electron chi connectivity index (χ0n) is 10.3. The first-order valence-electron chi connectivity index (χ1n) is 5.81. The first-order valence-corrected chi connectivity index (χ1v) is 6.22. The molecule has 0 fully saturated rings. The van der Waals surface area contributed by atoms with E-state index in [9.17, 15) is 13.2 Å². The molecule has 0 aliphatic heterocycles. The lowest BCUT2D eigenvalue weighted by atomic mass is 10.2. The van der Waals surface area contributed by atoms with Gasteiger partial charge >= 0.3 is 0 Å². The number of H-pyrrole nitrogens is 1. The van der Waals surface area contributed by atoms with E-state index in [1.54, 1.807) is 12.1 Å². The van der Waals surface area contributed by atoms with Crippen molar-refractivity contribution in [2.45, 2.75) is 0 Å². The van der Waals surface area contributed by atoms with Crippen LogP contribution in [0.5, 0.6) is 0 Å². The number of benzene rings is 2. The summed E-state index contributed by atoms with van der Waals surface area (Å²) in [5, 5.41) is 8.92. The zero-order chi connectivity index (χ0) is 15.1. The fourth-order valence-electron chi connectivity index (χ4n) is 2.10. The van der Waals surface area contributed by atoms with E-state index in [4.69, 9.17) is 17.5 Å². The van der Waals surface area contributed by atoms with E-state index < -0.39 is 17.5 Å². The molecule has 1 aromatic heterocycles. The molecule has 0 spiro atoms. The molecular weight excluding hydrogens is 299 g/mol. The summed E-state index contributed by atoms with van der Waals surface area (Å²) in [6.07, 6.45) is 0. The standard InChI is InChI=1S/C14H6F3N3S/c15-9-4-8(5-10(16)13(9)17)20-12-3-7(6-18)1-2-11(12)19-14(20)21/h1-5H,(H,19,21). The minimum absolute atomic E-state index is 0.0396. The van der Waals surface area contributed by atoms with Crippen molar-refractivity contribution < 1.29 is 13.2 Å². The van der Waals surface area contributed by atoms with Gasteiger partial charge in [-0.15, -0.1) is 0 Å². The number of aromatic nitrogens is 2. The lowest BCUT2D eigenvalue weighted by molar-refractivity contribution is 0.446. The Bertz CT molecular complexity index is 943. The summed E-state index contributed by atoms with van der Waals surface area (Å²) in [5.41, 5.74) is 1.49. The number of hydrogen-bond donors (Lipinski definition) is 1. The number of imidazole rings is 1. The second-order valence-corrected chi connectivity index (χ2v) is 4.72. The van der Waals surface area contributed by atoms with Gasteiger partial charge in [-0.25, -0.2) is 13.2 Å². The third-order valence-corrected chi connectivity index (χ3v) is 3.32. The first-order chi connectivity index (χ1) is 10.0. The number of rotatable bonds is 1. The summed E-state index contributed by atoms with van der Waals surface area (Å²) in [5.74, 6) is -4.15. The minimum atomic E-state index is -1.54. The smallest absolute Gasteiger partial charge is 0.194 e. The molecular formula is C14H6F3N3S. The van der Waals surface area contributed by atoms with Crippen molar-refractivity contribution in [1.29, 1.82) is 5.26 Å². The van der Waals surface area contributed by atoms with E-state index in [1.807, 2.05) is 6.07 Å². The van der Waals surface area contributed by atoms with E-state index in [2.05, 4.69) is 4.98 Å². The van der Waals surface area contributed by atoms with Gasteiger partial charge in [0.15, 0.2) is 22.2 Å². The topological polar surface area (TPSA) is 44.5 Å². The molecule has 0 aliphatic rings. The molecule has 104 valence electrons. The number of aromatic amines is 1. The van der Waals surface area contributed by atoms with E-state index in [-0.39, 0.29) is 10.5 Å². The van der Waals surface area contributed by atoms with E-state index in [1.165, 1.54) is 10.6 Å². The highest BCUT2D eigenvalue weighted by Crippen LogP contribution is 2.23. The second-order valence-electron chi connectivity index (χ2n) is 4.33. The van der Waals surface area contributed by atoms with Gasteiger partial charge in [-0.1, -0.05) is 0 Å². The summed E-state index contributed by atoms with van der Waals surface area (Å²) in [6, 6.07) is 8.42. The predicted molar refractivity (Wildman–Crippen MR) is 73.0 cm³/mol. The van der Waals surface area contributed by atoms with Gasteiger partial charge in [0.1, 0.15) is 0 Å². The third kappa shape index (κ3) is 2.10. The van der Waals surface area contributed by atoms with E-state index >= 15 is 0 Å². The van der Waals surface area contributed by atoms with E-state index in [0.29, 0.717) is 16.6 Å². The highest BCUT2D eigenvalue weighted by atomic mass is 32.1. The van der Waals surface area contributed by atoms with Crippen molar-refractivity contribution >= 4 is 23.3 Å². The molecule has 0 amide bonds. The number of fused-ring (bicyclic) bond motifs is 1. The van der Waals surface area contributed by atoms with Crippen LogP contribution in [0.2, 0.25) is 0 Å². The molecule has 3 rings (SSSR count). The molecule has 7 heteroatoms. The first kappa shape index (κ1) is 13.4. The van der Waals surface area contributed by atoms with Crippen molar-refractivity contribution in [2.75, 3.05) is 0 Å². The van der Waals surface area contributed by atoms with Gasteiger partial charge in [-0.3, -0.25) is 4.57 Å². The monoisotopic (exact) mass is 305 g/mol. The Labute approximate surface area is 121 Å². The number of halogens is 3. The van der Waals surface area contributed by atoms with Gasteiger partial charge in [0.25, 0.3) is 0 Å². The number of nitrogens with zero attached hydrogens (tertiary/aromatic N) is 2. The molecule has 0 atom stereocenters. The Balaban J connectivity index is 2.37. The molecule has 0 radical (unpaired) electrons. The molecule has 0 unspecified atom stereocenters. The molecule has 2 aromatic carbocycles. The van der Waals surface area contributed by atoms with Crippen LogP contribution in [0.4, 0.5) is 13.2 Å². The van der Waals surface area contributed by atoms with Gasteiger partial charge < -0.3 is 4.98 Å². The number of hydrogen-bond acceptors (Lipinski definition) is 2. The zero-order valence-corrected chi connectivity index (χ0v) is 11.1. The Morgan fingerprint density at radius 3 is 2.38 bits per heavy atom. The van der Waals surface area contributed by atoms with Crippen molar-refractivity contribution in [1.82, 2.24) is 9.55 Å². The maximum Gasteiger partial charge on any atom is 0.194 e. The van der Waals surface area contributed by atoms with Crippen LogP contribution in [0, 0.1) is 33.6 Å². The van der Waals surface area contributed by atoms with Crippen LogP contribution in [-0.2, 0) is 0 Å². The van der Waals surface area contributed by atoms with Crippen LogP contribution in [0.15, 0.2) is 30.3 Å². The highest BCUT2D eigenvalue weighted by Gasteiger charge is 2.14. The summed E-state index contributed by atoms with van der Waals surface area (Å²) in [6.45, 7) is 0. The molecule has 1 N–H and O–H groups in total. The van der Waals surface area contributed by atoms with Gasteiger partial charge in [0.2, 0.25) is 0 Å². The molecule has 1 heterocycles. The molecule has 3 nitrogen and oxygen atoms in total. The van der Waals surface area contributed by atoms with Gasteiger partial charge in [0.05, 0.1) is 28.4 Å². The van der Waals surface area contributed by atoms with Crippen molar-refractivity contribution in [3.63, 3.8) is 0 Å². The molecule has 0 bridgehead atoms. The molecule has 0 aliphatic carbocycles. The SMILES string of the molecule is N#Cc1ccc2[nH]c(=S)n(-c3cc(F)c(F)c(F)c3)c2c1. The Morgan fingerprint density at radius 2 is 1.76 bits per heavy atom. The number of nitrogens with one attached hydrogen (secondary N) is 1. The van der Waals surface area contributed by atoms with Crippen LogP contribution >= 0.6 is 12.2 Å². The van der Waals surface area contributed by atoms with Crippen LogP contribution in [0.3, 0.4) is 0 Å². The lowest BCUT2D eigenvalue weighted by Crippen LogP contribution is -1.99. The molecule has 0 saturated heterocycles. The maximum atomic E-state index is 13.4. The largest absolute Gasteiger partial charge is 0.330 e. The summed E-state index contributed by atoms with van der Waals surface area (Å²) in [7, 11) is 0. The van der Waals surface area contributed by atoms with Gasteiger partial charge in [-0.2, -0.15) is 5.26 Å². The van der Waals surface area contributed by atoms with Crippen LogP contribution in [-0.4, -0.2) is 9.55 Å². The highest BCUT2D eigenvalue weighted by molar-refractivity contribution is 7.71. The average Bonchev–Trinajstić information content (AvgIpc) is 2.79. The Morgan fingerprint density at radius 1 is 1.10 bits per heavy atom. The third-order valence-electron chi connectivity index (χ3n) is 3.04. The van der Waals surface area contributed by atoms with Crippen LogP contribution in [0.25, 0.3) is 16.7 Å². The summed E-state index contributed by atoms with van der Waals surface area (Å²) < 4.78 is 41.3. The minimum Gasteiger partial charge on any atom is -0.330 e. The van der Waals surface area contributed by atoms with Gasteiger partial charge in [-0.05, 0) is 30.4 Å². The maximum absolute atomic E-state index is 13.4. The second kappa shape index (κ2) is 4.75. The van der Waals surface area contributed by atoms with Crippen LogP contribution < -0.4 is 0 Å². The normalized spacial score (nSPS) is 10.8. The van der Waals surface area contributed by atoms with Crippen molar-refractivity contribution in [3.8, 4) is 11.8 Å². The Kier molecular flexibility index (Phi) is 3.03. The predicted octanol–water partition coefficient (Wildman–Crippen LogP) is 3.98. The lowest BCUT2D eigenvalue weighted by Gasteiger charge is -2.06. The van der Waals surface area contributed by atoms with Crippen LogP contribution in [0.1, 0.15) is 5.56 Å².